The van der Waals surface area contributed by atoms with Gasteiger partial charge in [-0.1, -0.05) is 12.1 Å². The number of pyridine rings is 1. The molecule has 0 radical (unpaired) electrons. The number of fused-ring (bicyclic) bond motifs is 1. The number of rotatable bonds is 5. The smallest absolute Gasteiger partial charge is 0.229 e. The van der Waals surface area contributed by atoms with E-state index in [-0.39, 0.29) is 19.0 Å². The molecule has 3 N–H and O–H groups in total. The Hall–Kier alpha value is -2.44. The quantitative estimate of drug-likeness (QED) is 0.671. The predicted molar refractivity (Wildman–Crippen MR) is 89.9 cm³/mol. The largest absolute Gasteiger partial charge is 0.395 e. The van der Waals surface area contributed by atoms with E-state index in [4.69, 9.17) is 5.11 Å². The maximum absolute atomic E-state index is 8.98. The molecule has 2 aromatic heterocycles. The fraction of sp³-hybridized carbons (Fsp3) is 0.133. The summed E-state index contributed by atoms with van der Waals surface area (Å²) in [4.78, 5) is 12.9. The molecule has 114 valence electrons. The molecule has 0 amide bonds. The molecule has 0 fully saturated rings. The van der Waals surface area contributed by atoms with Crippen LogP contribution in [-0.2, 0) is 0 Å². The van der Waals surface area contributed by atoms with Crippen LogP contribution < -0.4 is 10.6 Å². The average molecular weight is 318 g/mol. The Kier molecular flexibility index (Phi) is 5.46. The van der Waals surface area contributed by atoms with Crippen molar-refractivity contribution in [1.29, 1.82) is 0 Å². The van der Waals surface area contributed by atoms with Crippen molar-refractivity contribution < 1.29 is 5.11 Å². The fourth-order valence-corrected chi connectivity index (χ4v) is 2.01. The lowest BCUT2D eigenvalue weighted by molar-refractivity contribution is 0.311. The molecule has 0 spiro atoms. The van der Waals surface area contributed by atoms with Crippen LogP contribution in [0.25, 0.3) is 10.9 Å². The highest BCUT2D eigenvalue weighted by Gasteiger charge is 2.07. The number of halogens is 1. The maximum atomic E-state index is 8.98. The number of benzene rings is 1. The number of nitrogens with one attached hydrogen (secondary N) is 2. The fourth-order valence-electron chi connectivity index (χ4n) is 2.01. The number of aliphatic hydroxyl groups excluding tert-OH is 1. The first kappa shape index (κ1) is 15.9. The zero-order valence-corrected chi connectivity index (χ0v) is 12.5. The molecule has 3 aromatic rings. The third kappa shape index (κ3) is 3.60. The van der Waals surface area contributed by atoms with Crippen molar-refractivity contribution in [3.63, 3.8) is 0 Å². The van der Waals surface area contributed by atoms with Crippen LogP contribution in [0.15, 0.2) is 48.8 Å². The standard InChI is InChI=1S/C15H15N5O.ClH/c21-10-9-17-14-12-3-1-2-4-13(12)19-15(20-14)18-11-5-7-16-8-6-11;/h1-8,21H,9-10H2,(H2,16,17,18,19,20);1H. The first-order chi connectivity index (χ1) is 10.4. The minimum Gasteiger partial charge on any atom is -0.395 e. The van der Waals surface area contributed by atoms with Crippen molar-refractivity contribution in [2.24, 2.45) is 0 Å². The second kappa shape index (κ2) is 7.53. The van der Waals surface area contributed by atoms with Gasteiger partial charge in [-0.25, -0.2) is 4.98 Å². The molecule has 3 rings (SSSR count). The van der Waals surface area contributed by atoms with E-state index >= 15 is 0 Å². The number of nitrogens with zero attached hydrogens (tertiary/aromatic N) is 3. The van der Waals surface area contributed by atoms with Crippen molar-refractivity contribution in [2.75, 3.05) is 23.8 Å². The minimum atomic E-state index is 0. The molecular weight excluding hydrogens is 302 g/mol. The molecule has 0 saturated carbocycles. The van der Waals surface area contributed by atoms with E-state index in [0.29, 0.717) is 18.3 Å². The summed E-state index contributed by atoms with van der Waals surface area (Å²) in [6.07, 6.45) is 3.41. The van der Waals surface area contributed by atoms with E-state index in [1.54, 1.807) is 12.4 Å². The van der Waals surface area contributed by atoms with E-state index in [2.05, 4.69) is 25.6 Å². The van der Waals surface area contributed by atoms with Crippen LogP contribution in [0.4, 0.5) is 17.5 Å². The van der Waals surface area contributed by atoms with E-state index in [9.17, 15) is 0 Å². The lowest BCUT2D eigenvalue weighted by Gasteiger charge is -2.11. The SMILES string of the molecule is Cl.OCCNc1nc(Nc2ccncc2)nc2ccccc12. The van der Waals surface area contributed by atoms with E-state index in [1.807, 2.05) is 36.4 Å². The van der Waals surface area contributed by atoms with Crippen molar-refractivity contribution in [3.05, 3.63) is 48.8 Å². The van der Waals surface area contributed by atoms with Gasteiger partial charge in [0.15, 0.2) is 0 Å². The molecule has 0 aliphatic rings. The van der Waals surface area contributed by atoms with Gasteiger partial charge in [0, 0.05) is 30.0 Å². The second-order valence-corrected chi connectivity index (χ2v) is 4.42. The molecule has 0 unspecified atom stereocenters. The molecule has 0 saturated heterocycles. The van der Waals surface area contributed by atoms with Crippen LogP contribution in [0.1, 0.15) is 0 Å². The highest BCUT2D eigenvalue weighted by Crippen LogP contribution is 2.23. The molecule has 1 aromatic carbocycles. The van der Waals surface area contributed by atoms with Gasteiger partial charge >= 0.3 is 0 Å². The molecule has 0 aliphatic carbocycles. The Labute approximate surface area is 134 Å². The van der Waals surface area contributed by atoms with Crippen LogP contribution >= 0.6 is 12.4 Å². The predicted octanol–water partition coefficient (Wildman–Crippen LogP) is 2.59. The summed E-state index contributed by atoms with van der Waals surface area (Å²) in [5.41, 5.74) is 1.71. The van der Waals surface area contributed by atoms with Crippen molar-refractivity contribution in [1.82, 2.24) is 15.0 Å². The molecule has 2 heterocycles. The van der Waals surface area contributed by atoms with Crippen LogP contribution in [0, 0.1) is 0 Å². The van der Waals surface area contributed by atoms with Gasteiger partial charge in [-0.05, 0) is 24.3 Å². The highest BCUT2D eigenvalue weighted by molar-refractivity contribution is 5.90. The first-order valence-electron chi connectivity index (χ1n) is 6.65. The molecule has 7 heteroatoms. The molecule has 6 nitrogen and oxygen atoms in total. The Bertz CT molecular complexity index is 738. The van der Waals surface area contributed by atoms with Crippen LogP contribution in [0.2, 0.25) is 0 Å². The van der Waals surface area contributed by atoms with E-state index in [1.165, 1.54) is 0 Å². The lowest BCUT2D eigenvalue weighted by Crippen LogP contribution is -2.09. The van der Waals surface area contributed by atoms with Crippen molar-refractivity contribution in [2.45, 2.75) is 0 Å². The van der Waals surface area contributed by atoms with Gasteiger partial charge in [0.1, 0.15) is 5.82 Å². The number of para-hydroxylation sites is 1. The zero-order valence-electron chi connectivity index (χ0n) is 11.7. The van der Waals surface area contributed by atoms with Gasteiger partial charge in [-0.3, -0.25) is 4.98 Å². The van der Waals surface area contributed by atoms with Gasteiger partial charge in [0.05, 0.1) is 12.1 Å². The van der Waals surface area contributed by atoms with Crippen LogP contribution in [0.3, 0.4) is 0 Å². The Morgan fingerprint density at radius 2 is 1.77 bits per heavy atom. The molecule has 22 heavy (non-hydrogen) atoms. The molecular formula is C15H16ClN5O. The Morgan fingerprint density at radius 3 is 2.55 bits per heavy atom. The number of hydrogen-bond donors (Lipinski definition) is 3. The van der Waals surface area contributed by atoms with E-state index in [0.717, 1.165) is 16.6 Å². The molecule has 0 atom stereocenters. The van der Waals surface area contributed by atoms with Crippen LogP contribution in [0.5, 0.6) is 0 Å². The number of anilines is 3. The normalized spacial score (nSPS) is 10.0. The van der Waals surface area contributed by atoms with Gasteiger partial charge in [0.25, 0.3) is 0 Å². The summed E-state index contributed by atoms with van der Waals surface area (Å²) in [5, 5.41) is 16.2. The van der Waals surface area contributed by atoms with Gasteiger partial charge in [0.2, 0.25) is 5.95 Å². The average Bonchev–Trinajstić information content (AvgIpc) is 2.53. The van der Waals surface area contributed by atoms with E-state index < -0.39 is 0 Å². The molecule has 0 bridgehead atoms. The number of aliphatic hydroxyl groups is 1. The third-order valence-corrected chi connectivity index (χ3v) is 2.94. The monoisotopic (exact) mass is 317 g/mol. The minimum absolute atomic E-state index is 0. The topological polar surface area (TPSA) is 83.0 Å². The number of aromatic nitrogens is 3. The van der Waals surface area contributed by atoms with Gasteiger partial charge in [-0.2, -0.15) is 4.98 Å². The van der Waals surface area contributed by atoms with Crippen LogP contribution in [-0.4, -0.2) is 33.2 Å². The van der Waals surface area contributed by atoms with Gasteiger partial charge in [-0.15, -0.1) is 12.4 Å². The third-order valence-electron chi connectivity index (χ3n) is 2.94. The van der Waals surface area contributed by atoms with Crippen molar-refractivity contribution in [3.8, 4) is 0 Å². The maximum Gasteiger partial charge on any atom is 0.229 e. The first-order valence-corrected chi connectivity index (χ1v) is 6.65. The second-order valence-electron chi connectivity index (χ2n) is 4.42. The Morgan fingerprint density at radius 1 is 1.00 bits per heavy atom. The Balaban J connectivity index is 0.00000176. The van der Waals surface area contributed by atoms with Gasteiger partial charge < -0.3 is 15.7 Å². The summed E-state index contributed by atoms with van der Waals surface area (Å²) in [7, 11) is 0. The number of hydrogen-bond acceptors (Lipinski definition) is 6. The summed E-state index contributed by atoms with van der Waals surface area (Å²) in [5.74, 6) is 1.20. The summed E-state index contributed by atoms with van der Waals surface area (Å²) >= 11 is 0. The van der Waals surface area contributed by atoms with Crippen molar-refractivity contribution >= 4 is 40.8 Å². The summed E-state index contributed by atoms with van der Waals surface area (Å²) in [6, 6.07) is 11.4. The summed E-state index contributed by atoms with van der Waals surface area (Å²) < 4.78 is 0. The lowest BCUT2D eigenvalue weighted by atomic mass is 10.2. The summed E-state index contributed by atoms with van der Waals surface area (Å²) in [6.45, 7) is 0.487. The molecule has 0 aliphatic heterocycles. The zero-order chi connectivity index (χ0) is 14.5. The highest BCUT2D eigenvalue weighted by atomic mass is 35.5.